The molecule has 1 atom stereocenters. The van der Waals surface area contributed by atoms with Crippen molar-refractivity contribution in [3.63, 3.8) is 0 Å². The van der Waals surface area contributed by atoms with E-state index in [0.717, 1.165) is 37.3 Å². The van der Waals surface area contributed by atoms with Crippen LogP contribution in [0.1, 0.15) is 18.4 Å². The van der Waals surface area contributed by atoms with Crippen molar-refractivity contribution >= 4 is 11.6 Å². The molecule has 0 bridgehead atoms. The fraction of sp³-hybridized carbons (Fsp3) is 0.533. The number of carbonyl (C=O) groups is 1. The number of hydrogen-bond donors (Lipinski definition) is 1. The van der Waals surface area contributed by atoms with E-state index in [1.807, 2.05) is 18.0 Å². The second-order valence-corrected chi connectivity index (χ2v) is 5.53. The quantitative estimate of drug-likeness (QED) is 0.906. The van der Waals surface area contributed by atoms with Gasteiger partial charge in [-0.05, 0) is 37.2 Å². The van der Waals surface area contributed by atoms with Crippen molar-refractivity contribution < 1.29 is 9.18 Å². The molecule has 1 N–H and O–H groups in total. The summed E-state index contributed by atoms with van der Waals surface area (Å²) in [5.74, 6) is 0.0814. The van der Waals surface area contributed by atoms with E-state index in [1.165, 1.54) is 6.07 Å². The predicted molar refractivity (Wildman–Crippen MR) is 76.1 cm³/mol. The molecule has 2 aliphatic rings. The highest BCUT2D eigenvalue weighted by Gasteiger charge is 2.35. The SMILES string of the molecule is CNCc1cc(F)ccc1N1CCN2C(=O)CCC2C1. The van der Waals surface area contributed by atoms with Crippen LogP contribution in [0.25, 0.3) is 0 Å². The number of carbonyl (C=O) groups excluding carboxylic acids is 1. The zero-order valence-electron chi connectivity index (χ0n) is 11.7. The first-order chi connectivity index (χ1) is 9.69. The van der Waals surface area contributed by atoms with Crippen molar-refractivity contribution in [1.29, 1.82) is 0 Å². The van der Waals surface area contributed by atoms with E-state index in [0.29, 0.717) is 19.0 Å². The first kappa shape index (κ1) is 13.4. The van der Waals surface area contributed by atoms with Crippen LogP contribution < -0.4 is 10.2 Å². The third kappa shape index (κ3) is 2.38. The molecule has 108 valence electrons. The molecule has 5 heteroatoms. The lowest BCUT2D eigenvalue weighted by atomic mass is 10.1. The van der Waals surface area contributed by atoms with Crippen LogP contribution in [0.15, 0.2) is 18.2 Å². The van der Waals surface area contributed by atoms with E-state index in [2.05, 4.69) is 10.2 Å². The third-order valence-electron chi connectivity index (χ3n) is 4.24. The molecule has 2 fully saturated rings. The van der Waals surface area contributed by atoms with Gasteiger partial charge in [0.15, 0.2) is 0 Å². The number of rotatable bonds is 3. The summed E-state index contributed by atoms with van der Waals surface area (Å²) < 4.78 is 13.4. The van der Waals surface area contributed by atoms with Gasteiger partial charge in [0.1, 0.15) is 5.82 Å². The maximum atomic E-state index is 13.4. The molecule has 3 rings (SSSR count). The molecule has 2 aliphatic heterocycles. The van der Waals surface area contributed by atoms with Crippen molar-refractivity contribution in [2.75, 3.05) is 31.6 Å². The molecule has 0 aromatic heterocycles. The van der Waals surface area contributed by atoms with Gasteiger partial charge in [0.25, 0.3) is 0 Å². The average Bonchev–Trinajstić information content (AvgIpc) is 2.80. The Balaban J connectivity index is 1.81. The maximum absolute atomic E-state index is 13.4. The highest BCUT2D eigenvalue weighted by Crippen LogP contribution is 2.28. The van der Waals surface area contributed by atoms with E-state index >= 15 is 0 Å². The molecular weight excluding hydrogens is 257 g/mol. The van der Waals surface area contributed by atoms with E-state index in [1.54, 1.807) is 6.07 Å². The summed E-state index contributed by atoms with van der Waals surface area (Å²) in [6, 6.07) is 5.29. The summed E-state index contributed by atoms with van der Waals surface area (Å²) in [7, 11) is 1.86. The Labute approximate surface area is 118 Å². The molecule has 1 unspecified atom stereocenters. The topological polar surface area (TPSA) is 35.6 Å². The number of benzene rings is 1. The number of fused-ring (bicyclic) bond motifs is 1. The fourth-order valence-corrected chi connectivity index (χ4v) is 3.28. The van der Waals surface area contributed by atoms with E-state index in [9.17, 15) is 9.18 Å². The highest BCUT2D eigenvalue weighted by molar-refractivity contribution is 5.79. The molecule has 1 amide bonds. The Morgan fingerprint density at radius 3 is 3.05 bits per heavy atom. The van der Waals surface area contributed by atoms with Crippen molar-refractivity contribution in [2.24, 2.45) is 0 Å². The van der Waals surface area contributed by atoms with Crippen molar-refractivity contribution in [3.8, 4) is 0 Å². The van der Waals surface area contributed by atoms with Crippen molar-refractivity contribution in [1.82, 2.24) is 10.2 Å². The molecular formula is C15H20FN3O. The molecule has 1 aromatic rings. The van der Waals surface area contributed by atoms with Gasteiger partial charge < -0.3 is 15.1 Å². The number of amides is 1. The lowest BCUT2D eigenvalue weighted by molar-refractivity contribution is -0.129. The van der Waals surface area contributed by atoms with Crippen LogP contribution >= 0.6 is 0 Å². The van der Waals surface area contributed by atoms with E-state index in [-0.39, 0.29) is 11.7 Å². The van der Waals surface area contributed by atoms with Crippen LogP contribution in [-0.2, 0) is 11.3 Å². The summed E-state index contributed by atoms with van der Waals surface area (Å²) >= 11 is 0. The number of nitrogens with one attached hydrogen (secondary N) is 1. The smallest absolute Gasteiger partial charge is 0.223 e. The van der Waals surface area contributed by atoms with Gasteiger partial charge in [0, 0.05) is 44.3 Å². The van der Waals surface area contributed by atoms with Crippen LogP contribution in [0.2, 0.25) is 0 Å². The molecule has 0 radical (unpaired) electrons. The van der Waals surface area contributed by atoms with Gasteiger partial charge in [-0.1, -0.05) is 0 Å². The van der Waals surface area contributed by atoms with Gasteiger partial charge in [-0.15, -0.1) is 0 Å². The Morgan fingerprint density at radius 2 is 2.25 bits per heavy atom. The number of nitrogens with zero attached hydrogens (tertiary/aromatic N) is 2. The van der Waals surface area contributed by atoms with Crippen LogP contribution in [-0.4, -0.2) is 43.5 Å². The van der Waals surface area contributed by atoms with Gasteiger partial charge in [-0.3, -0.25) is 4.79 Å². The summed E-state index contributed by atoms with van der Waals surface area (Å²) in [4.78, 5) is 16.0. The van der Waals surface area contributed by atoms with Crippen LogP contribution in [0, 0.1) is 5.82 Å². The molecule has 0 aliphatic carbocycles. The first-order valence-corrected chi connectivity index (χ1v) is 7.16. The lowest BCUT2D eigenvalue weighted by Crippen LogP contribution is -2.51. The Hall–Kier alpha value is -1.62. The van der Waals surface area contributed by atoms with Gasteiger partial charge in [-0.2, -0.15) is 0 Å². The summed E-state index contributed by atoms with van der Waals surface area (Å²) in [6.07, 6.45) is 1.61. The van der Waals surface area contributed by atoms with Crippen LogP contribution in [0.3, 0.4) is 0 Å². The standard InChI is InChI=1S/C15H20FN3O/c1-17-9-11-8-12(16)2-4-14(11)18-6-7-19-13(10-18)3-5-15(19)20/h2,4,8,13,17H,3,5-7,9-10H2,1H3. The molecule has 0 saturated carbocycles. The lowest BCUT2D eigenvalue weighted by Gasteiger charge is -2.39. The Bertz CT molecular complexity index is 520. The molecule has 0 spiro atoms. The molecule has 2 saturated heterocycles. The van der Waals surface area contributed by atoms with Gasteiger partial charge >= 0.3 is 0 Å². The van der Waals surface area contributed by atoms with Crippen molar-refractivity contribution in [3.05, 3.63) is 29.6 Å². The van der Waals surface area contributed by atoms with Gasteiger partial charge in [0.2, 0.25) is 5.91 Å². The monoisotopic (exact) mass is 277 g/mol. The second-order valence-electron chi connectivity index (χ2n) is 5.53. The van der Waals surface area contributed by atoms with Crippen LogP contribution in [0.5, 0.6) is 0 Å². The normalized spacial score (nSPS) is 22.3. The zero-order valence-corrected chi connectivity index (χ0v) is 11.7. The van der Waals surface area contributed by atoms with E-state index in [4.69, 9.17) is 0 Å². The predicted octanol–water partition coefficient (Wildman–Crippen LogP) is 1.36. The highest BCUT2D eigenvalue weighted by atomic mass is 19.1. The summed E-state index contributed by atoms with van der Waals surface area (Å²) in [5, 5.41) is 3.09. The molecule has 20 heavy (non-hydrogen) atoms. The second kappa shape index (κ2) is 5.40. The summed E-state index contributed by atoms with van der Waals surface area (Å²) in [6.45, 7) is 3.11. The van der Waals surface area contributed by atoms with E-state index < -0.39 is 0 Å². The average molecular weight is 277 g/mol. The number of hydrogen-bond acceptors (Lipinski definition) is 3. The minimum atomic E-state index is -0.200. The Kier molecular flexibility index (Phi) is 3.61. The third-order valence-corrected chi connectivity index (χ3v) is 4.24. The minimum absolute atomic E-state index is 0.200. The number of halogens is 1. The number of anilines is 1. The number of piperazine rings is 1. The molecule has 4 nitrogen and oxygen atoms in total. The van der Waals surface area contributed by atoms with Crippen LogP contribution in [0.4, 0.5) is 10.1 Å². The van der Waals surface area contributed by atoms with Gasteiger partial charge in [0.05, 0.1) is 0 Å². The zero-order chi connectivity index (χ0) is 14.1. The molecule has 1 aromatic carbocycles. The van der Waals surface area contributed by atoms with Gasteiger partial charge in [-0.25, -0.2) is 4.39 Å². The Morgan fingerprint density at radius 1 is 1.40 bits per heavy atom. The fourth-order valence-electron chi connectivity index (χ4n) is 3.28. The first-order valence-electron chi connectivity index (χ1n) is 7.16. The minimum Gasteiger partial charge on any atom is -0.367 e. The van der Waals surface area contributed by atoms with Crippen molar-refractivity contribution in [2.45, 2.75) is 25.4 Å². The summed E-state index contributed by atoms with van der Waals surface area (Å²) in [5.41, 5.74) is 2.06. The molecule has 2 heterocycles. The largest absolute Gasteiger partial charge is 0.367 e. The maximum Gasteiger partial charge on any atom is 0.223 e.